The zero-order valence-corrected chi connectivity index (χ0v) is 17.0. The Hall–Kier alpha value is -0.0900. The van der Waals surface area contributed by atoms with Crippen LogP contribution in [0.5, 0.6) is 0 Å². The molecule has 3 rings (SSSR count). The quantitative estimate of drug-likeness (QED) is 0.363. The van der Waals surface area contributed by atoms with Crippen molar-refractivity contribution in [2.45, 2.75) is 92.8 Å². The predicted octanol–water partition coefficient (Wildman–Crippen LogP) is 6.15. The molecule has 4 heteroatoms. The average molecular weight is 383 g/mol. The maximum absolute atomic E-state index is 10.6. The lowest BCUT2D eigenvalue weighted by atomic mass is 9.76. The average Bonchev–Trinajstić information content (AvgIpc) is 3.21. The van der Waals surface area contributed by atoms with Crippen LogP contribution in [0.2, 0.25) is 0 Å². The van der Waals surface area contributed by atoms with Crippen molar-refractivity contribution in [3.05, 3.63) is 12.2 Å². The number of hydrogen-bond acceptors (Lipinski definition) is 3. The van der Waals surface area contributed by atoms with Gasteiger partial charge in [-0.15, -0.1) is 0 Å². The van der Waals surface area contributed by atoms with Gasteiger partial charge < -0.3 is 5.11 Å². The summed E-state index contributed by atoms with van der Waals surface area (Å²) in [5.41, 5.74) is 0. The summed E-state index contributed by atoms with van der Waals surface area (Å²) in [6, 6.07) is 0. The molecule has 0 spiro atoms. The standard InChI is InChI=1S/C21H34O2S2/c22-21(23)11-7-2-1-6-10-17-18(20-13-12-19(17)25-20)14-15-24-16-8-4-3-5-9-16/h1,6,16-20H,2-5,7-15H2,(H,22,23)/t17-,18+,19-,20+/m1/s1. The minimum absolute atomic E-state index is 0.301. The fourth-order valence-electron chi connectivity index (χ4n) is 4.94. The van der Waals surface area contributed by atoms with Crippen molar-refractivity contribution in [1.29, 1.82) is 0 Å². The number of carboxylic acids is 1. The molecule has 4 atom stereocenters. The normalized spacial score (nSPS) is 32.6. The van der Waals surface area contributed by atoms with Gasteiger partial charge in [0.15, 0.2) is 0 Å². The van der Waals surface area contributed by atoms with Gasteiger partial charge in [-0.1, -0.05) is 31.4 Å². The van der Waals surface area contributed by atoms with Crippen LogP contribution in [0.25, 0.3) is 0 Å². The van der Waals surface area contributed by atoms with Gasteiger partial charge in [-0.2, -0.15) is 23.5 Å². The third kappa shape index (κ3) is 5.95. The minimum Gasteiger partial charge on any atom is -0.481 e. The Bertz CT molecular complexity index is 445. The van der Waals surface area contributed by atoms with Crippen LogP contribution in [0.15, 0.2) is 12.2 Å². The highest BCUT2D eigenvalue weighted by molar-refractivity contribution is 8.01. The molecule has 1 N–H and O–H groups in total. The van der Waals surface area contributed by atoms with Crippen LogP contribution in [-0.4, -0.2) is 32.6 Å². The maximum Gasteiger partial charge on any atom is 0.303 e. The van der Waals surface area contributed by atoms with E-state index in [4.69, 9.17) is 5.11 Å². The van der Waals surface area contributed by atoms with Gasteiger partial charge in [0.05, 0.1) is 0 Å². The first-order valence-corrected chi connectivity index (χ1v) is 12.4. The van der Waals surface area contributed by atoms with Crippen molar-refractivity contribution in [3.8, 4) is 0 Å². The molecule has 2 saturated heterocycles. The third-order valence-electron chi connectivity index (χ3n) is 6.28. The first-order valence-electron chi connectivity index (χ1n) is 10.4. The highest BCUT2D eigenvalue weighted by atomic mass is 32.2. The molecule has 142 valence electrons. The summed E-state index contributed by atoms with van der Waals surface area (Å²) in [7, 11) is 0. The van der Waals surface area contributed by atoms with Gasteiger partial charge in [0.25, 0.3) is 0 Å². The Morgan fingerprint density at radius 3 is 2.56 bits per heavy atom. The Labute approximate surface area is 162 Å². The SMILES string of the molecule is O=C(O)CCCC=CC[C@@H]1[C@H](CCSC2CCCCC2)[C@@H]2CC[C@H]1S2. The number of allylic oxidation sites excluding steroid dienone is 2. The van der Waals surface area contributed by atoms with Gasteiger partial charge in [-0.25, -0.2) is 0 Å². The molecule has 0 radical (unpaired) electrons. The highest BCUT2D eigenvalue weighted by Crippen LogP contribution is 2.55. The maximum atomic E-state index is 10.6. The summed E-state index contributed by atoms with van der Waals surface area (Å²) in [6.07, 6.45) is 19.4. The molecule has 2 heterocycles. The second kappa shape index (κ2) is 10.3. The molecule has 3 aliphatic rings. The molecule has 0 aromatic carbocycles. The van der Waals surface area contributed by atoms with Crippen LogP contribution < -0.4 is 0 Å². The number of carboxylic acid groups (broad SMARTS) is 1. The van der Waals surface area contributed by atoms with Gasteiger partial charge in [-0.3, -0.25) is 4.79 Å². The second-order valence-corrected chi connectivity index (χ2v) is 10.9. The van der Waals surface area contributed by atoms with Gasteiger partial charge in [-0.05, 0) is 69.0 Å². The molecule has 2 bridgehead atoms. The molecule has 0 aromatic heterocycles. The van der Waals surface area contributed by atoms with Gasteiger partial charge in [0.2, 0.25) is 0 Å². The third-order valence-corrected chi connectivity index (χ3v) is 9.57. The molecule has 1 saturated carbocycles. The van der Waals surface area contributed by atoms with E-state index in [0.29, 0.717) is 6.42 Å². The van der Waals surface area contributed by atoms with Crippen LogP contribution in [0, 0.1) is 11.8 Å². The van der Waals surface area contributed by atoms with Crippen molar-refractivity contribution in [3.63, 3.8) is 0 Å². The predicted molar refractivity (Wildman–Crippen MR) is 111 cm³/mol. The Morgan fingerprint density at radius 2 is 1.80 bits per heavy atom. The Morgan fingerprint density at radius 1 is 1.04 bits per heavy atom. The fourth-order valence-corrected chi connectivity index (χ4v) is 8.40. The van der Waals surface area contributed by atoms with Crippen LogP contribution in [-0.2, 0) is 4.79 Å². The first-order chi connectivity index (χ1) is 12.2. The lowest BCUT2D eigenvalue weighted by Gasteiger charge is -2.30. The molecule has 2 aliphatic heterocycles. The number of fused-ring (bicyclic) bond motifs is 2. The number of unbranched alkanes of at least 4 members (excludes halogenated alkanes) is 1. The van der Waals surface area contributed by atoms with E-state index in [1.165, 1.54) is 63.5 Å². The smallest absolute Gasteiger partial charge is 0.303 e. The molecular weight excluding hydrogens is 348 g/mol. The van der Waals surface area contributed by atoms with E-state index in [1.54, 1.807) is 0 Å². The summed E-state index contributed by atoms with van der Waals surface area (Å²) >= 11 is 4.55. The van der Waals surface area contributed by atoms with E-state index < -0.39 is 5.97 Å². The highest BCUT2D eigenvalue weighted by Gasteiger charge is 2.47. The molecule has 2 nitrogen and oxygen atoms in total. The van der Waals surface area contributed by atoms with Crippen molar-refractivity contribution in [2.75, 3.05) is 5.75 Å². The van der Waals surface area contributed by atoms with Crippen molar-refractivity contribution < 1.29 is 9.90 Å². The van der Waals surface area contributed by atoms with E-state index in [-0.39, 0.29) is 0 Å². The lowest BCUT2D eigenvalue weighted by Crippen LogP contribution is -2.27. The minimum atomic E-state index is -0.673. The molecular formula is C21H34O2S2. The number of rotatable bonds is 10. The van der Waals surface area contributed by atoms with Crippen molar-refractivity contribution in [1.82, 2.24) is 0 Å². The van der Waals surface area contributed by atoms with E-state index >= 15 is 0 Å². The monoisotopic (exact) mass is 382 g/mol. The van der Waals surface area contributed by atoms with Crippen molar-refractivity contribution in [2.24, 2.45) is 11.8 Å². The van der Waals surface area contributed by atoms with Crippen molar-refractivity contribution >= 4 is 29.5 Å². The molecule has 25 heavy (non-hydrogen) atoms. The van der Waals surface area contributed by atoms with Crippen LogP contribution in [0.1, 0.15) is 77.0 Å². The number of thioether (sulfide) groups is 2. The zero-order chi connectivity index (χ0) is 17.5. The summed E-state index contributed by atoms with van der Waals surface area (Å²) in [6.45, 7) is 0. The largest absolute Gasteiger partial charge is 0.481 e. The van der Waals surface area contributed by atoms with Crippen LogP contribution in [0.3, 0.4) is 0 Å². The number of carbonyl (C=O) groups is 1. The topological polar surface area (TPSA) is 37.3 Å². The summed E-state index contributed by atoms with van der Waals surface area (Å²) in [4.78, 5) is 10.6. The number of aliphatic carboxylic acids is 1. The molecule has 3 fully saturated rings. The zero-order valence-electron chi connectivity index (χ0n) is 15.4. The van der Waals surface area contributed by atoms with Crippen LogP contribution >= 0.6 is 23.5 Å². The molecule has 1 aliphatic carbocycles. The molecule has 0 amide bonds. The van der Waals surface area contributed by atoms with Gasteiger partial charge in [0.1, 0.15) is 0 Å². The van der Waals surface area contributed by atoms with E-state index in [9.17, 15) is 4.79 Å². The van der Waals surface area contributed by atoms with E-state index in [1.807, 2.05) is 0 Å². The summed E-state index contributed by atoms with van der Waals surface area (Å²) in [5, 5.41) is 11.5. The second-order valence-electron chi connectivity index (χ2n) is 8.03. The molecule has 0 aromatic rings. The summed E-state index contributed by atoms with van der Waals surface area (Å²) < 4.78 is 0. The summed E-state index contributed by atoms with van der Waals surface area (Å²) in [5.74, 6) is 2.51. The van der Waals surface area contributed by atoms with E-state index in [2.05, 4.69) is 35.7 Å². The van der Waals surface area contributed by atoms with Gasteiger partial charge >= 0.3 is 5.97 Å². The Balaban J connectivity index is 1.38. The molecule has 0 unspecified atom stereocenters. The Kier molecular flexibility index (Phi) is 8.10. The fraction of sp³-hybridized carbons (Fsp3) is 0.857. The first kappa shape index (κ1) is 19.7. The van der Waals surface area contributed by atoms with E-state index in [0.717, 1.165) is 40.4 Å². The van der Waals surface area contributed by atoms with Gasteiger partial charge in [0, 0.05) is 22.2 Å². The van der Waals surface area contributed by atoms with Crippen LogP contribution in [0.4, 0.5) is 0 Å². The lowest BCUT2D eigenvalue weighted by molar-refractivity contribution is -0.137. The number of hydrogen-bond donors (Lipinski definition) is 1.